The number of hydrogen-bond acceptors (Lipinski definition) is 2. The minimum absolute atomic E-state index is 0.0469. The number of carbonyl (C=O) groups excluding carboxylic acids is 1. The maximum Gasteiger partial charge on any atom is 0.200 e. The van der Waals surface area contributed by atoms with Crippen molar-refractivity contribution >= 4 is 5.78 Å². The van der Waals surface area contributed by atoms with Crippen LogP contribution >= 0.6 is 0 Å². The largest absolute Gasteiger partial charge is 0.485 e. The summed E-state index contributed by atoms with van der Waals surface area (Å²) in [7, 11) is 0. The first-order valence-electron chi connectivity index (χ1n) is 5.63. The maximum atomic E-state index is 12.7. The quantitative estimate of drug-likeness (QED) is 0.770. The third-order valence-corrected chi connectivity index (χ3v) is 2.56. The summed E-state index contributed by atoms with van der Waals surface area (Å²) in [5, 5.41) is 0. The lowest BCUT2D eigenvalue weighted by Gasteiger charge is -2.05. The van der Waals surface area contributed by atoms with Crippen molar-refractivity contribution in [1.82, 2.24) is 0 Å². The summed E-state index contributed by atoms with van der Waals surface area (Å²) in [6, 6.07) is 12.9. The van der Waals surface area contributed by atoms with E-state index in [1.165, 1.54) is 24.3 Å². The second-order valence-electron chi connectivity index (χ2n) is 4.03. The summed E-state index contributed by atoms with van der Waals surface area (Å²) in [5.74, 6) is 0.123. The number of rotatable bonds is 4. The van der Waals surface area contributed by atoms with Crippen LogP contribution in [0, 0.1) is 12.7 Å². The molecule has 0 saturated heterocycles. The van der Waals surface area contributed by atoms with E-state index in [0.717, 1.165) is 5.56 Å². The number of carbonyl (C=O) groups is 1. The van der Waals surface area contributed by atoms with E-state index in [9.17, 15) is 9.18 Å². The predicted octanol–water partition coefficient (Wildman–Crippen LogP) is 3.40. The first-order chi connectivity index (χ1) is 8.65. The summed E-state index contributed by atoms with van der Waals surface area (Å²) >= 11 is 0. The van der Waals surface area contributed by atoms with Gasteiger partial charge in [-0.05, 0) is 43.3 Å². The third-order valence-electron chi connectivity index (χ3n) is 2.56. The van der Waals surface area contributed by atoms with Crippen molar-refractivity contribution in [3.63, 3.8) is 0 Å². The molecule has 0 fully saturated rings. The van der Waals surface area contributed by atoms with E-state index in [-0.39, 0.29) is 18.2 Å². The first kappa shape index (κ1) is 12.3. The number of aryl methyl sites for hydroxylation is 1. The molecule has 3 heteroatoms. The molecule has 0 radical (unpaired) electrons. The molecule has 0 aromatic heterocycles. The summed E-state index contributed by atoms with van der Waals surface area (Å²) in [4.78, 5) is 11.7. The smallest absolute Gasteiger partial charge is 0.200 e. The SMILES string of the molecule is Cc1ccc(OCC(=O)c2ccc(F)cc2)cc1. The Kier molecular flexibility index (Phi) is 3.72. The average molecular weight is 244 g/mol. The third kappa shape index (κ3) is 3.17. The van der Waals surface area contributed by atoms with E-state index in [2.05, 4.69) is 0 Å². The van der Waals surface area contributed by atoms with Crippen LogP contribution in [-0.2, 0) is 0 Å². The summed E-state index contributed by atoms with van der Waals surface area (Å²) in [6.45, 7) is 1.93. The van der Waals surface area contributed by atoms with E-state index in [4.69, 9.17) is 4.74 Å². The summed E-state index contributed by atoms with van der Waals surface area (Å²) < 4.78 is 18.1. The van der Waals surface area contributed by atoms with Gasteiger partial charge in [0, 0.05) is 5.56 Å². The molecule has 0 atom stereocenters. The van der Waals surface area contributed by atoms with Gasteiger partial charge in [0.1, 0.15) is 11.6 Å². The van der Waals surface area contributed by atoms with E-state index in [1.54, 1.807) is 0 Å². The minimum Gasteiger partial charge on any atom is -0.485 e. The Morgan fingerprint density at radius 2 is 1.67 bits per heavy atom. The highest BCUT2D eigenvalue weighted by Crippen LogP contribution is 2.12. The molecule has 2 nitrogen and oxygen atoms in total. The van der Waals surface area contributed by atoms with Crippen LogP contribution in [0.25, 0.3) is 0 Å². The molecule has 18 heavy (non-hydrogen) atoms. The monoisotopic (exact) mass is 244 g/mol. The van der Waals surface area contributed by atoms with Crippen molar-refractivity contribution in [1.29, 1.82) is 0 Å². The van der Waals surface area contributed by atoms with Crippen LogP contribution in [0.3, 0.4) is 0 Å². The minimum atomic E-state index is -0.356. The molecular formula is C15H13FO2. The zero-order valence-corrected chi connectivity index (χ0v) is 10.0. The molecule has 0 saturated carbocycles. The standard InChI is InChI=1S/C15H13FO2/c1-11-2-8-14(9-3-11)18-10-15(17)12-4-6-13(16)7-5-12/h2-9H,10H2,1H3. The van der Waals surface area contributed by atoms with Crippen LogP contribution < -0.4 is 4.74 Å². The fourth-order valence-corrected chi connectivity index (χ4v) is 1.50. The lowest BCUT2D eigenvalue weighted by molar-refractivity contribution is 0.0921. The van der Waals surface area contributed by atoms with E-state index >= 15 is 0 Å². The van der Waals surface area contributed by atoms with Crippen LogP contribution in [0.1, 0.15) is 15.9 Å². The summed E-state index contributed by atoms with van der Waals surface area (Å²) in [6.07, 6.45) is 0. The normalized spacial score (nSPS) is 10.1. The number of halogens is 1. The molecule has 0 aliphatic rings. The summed E-state index contributed by atoms with van der Waals surface area (Å²) in [5.41, 5.74) is 1.58. The van der Waals surface area contributed by atoms with Crippen LogP contribution in [0.2, 0.25) is 0 Å². The van der Waals surface area contributed by atoms with Gasteiger partial charge in [-0.2, -0.15) is 0 Å². The number of benzene rings is 2. The van der Waals surface area contributed by atoms with Gasteiger partial charge in [0.2, 0.25) is 0 Å². The molecule has 0 amide bonds. The van der Waals surface area contributed by atoms with Gasteiger partial charge in [0.25, 0.3) is 0 Å². The Morgan fingerprint density at radius 3 is 2.28 bits per heavy atom. The van der Waals surface area contributed by atoms with Crippen LogP contribution in [-0.4, -0.2) is 12.4 Å². The highest BCUT2D eigenvalue weighted by molar-refractivity contribution is 5.97. The maximum absolute atomic E-state index is 12.7. The van der Waals surface area contributed by atoms with Gasteiger partial charge in [0.15, 0.2) is 12.4 Å². The lowest BCUT2D eigenvalue weighted by atomic mass is 10.1. The van der Waals surface area contributed by atoms with Crippen molar-refractivity contribution < 1.29 is 13.9 Å². The van der Waals surface area contributed by atoms with Gasteiger partial charge in [-0.1, -0.05) is 17.7 Å². The van der Waals surface area contributed by atoms with Gasteiger partial charge in [-0.3, -0.25) is 4.79 Å². The second-order valence-corrected chi connectivity index (χ2v) is 4.03. The molecule has 0 unspecified atom stereocenters. The molecule has 0 spiro atoms. The molecule has 92 valence electrons. The zero-order valence-electron chi connectivity index (χ0n) is 10.0. The van der Waals surface area contributed by atoms with Crippen LogP contribution in [0.5, 0.6) is 5.75 Å². The molecule has 2 rings (SSSR count). The Balaban J connectivity index is 1.96. The second kappa shape index (κ2) is 5.45. The zero-order chi connectivity index (χ0) is 13.0. The van der Waals surface area contributed by atoms with Crippen LogP contribution in [0.15, 0.2) is 48.5 Å². The van der Waals surface area contributed by atoms with Crippen LogP contribution in [0.4, 0.5) is 4.39 Å². The molecule has 0 heterocycles. The molecule has 2 aromatic carbocycles. The highest BCUT2D eigenvalue weighted by atomic mass is 19.1. The molecule has 0 aliphatic heterocycles. The fourth-order valence-electron chi connectivity index (χ4n) is 1.50. The van der Waals surface area contributed by atoms with Crippen molar-refractivity contribution in [2.75, 3.05) is 6.61 Å². The van der Waals surface area contributed by atoms with Gasteiger partial charge in [0.05, 0.1) is 0 Å². The number of ketones is 1. The molecular weight excluding hydrogens is 231 g/mol. The van der Waals surface area contributed by atoms with Gasteiger partial charge in [-0.25, -0.2) is 4.39 Å². The topological polar surface area (TPSA) is 26.3 Å². The molecule has 0 aliphatic carbocycles. The molecule has 0 N–H and O–H groups in total. The highest BCUT2D eigenvalue weighted by Gasteiger charge is 2.06. The molecule has 0 bridgehead atoms. The fraction of sp³-hybridized carbons (Fsp3) is 0.133. The van der Waals surface area contributed by atoms with Crippen molar-refractivity contribution in [3.05, 3.63) is 65.5 Å². The predicted molar refractivity (Wildman–Crippen MR) is 67.4 cm³/mol. The van der Waals surface area contributed by atoms with Gasteiger partial charge in [-0.15, -0.1) is 0 Å². The Bertz CT molecular complexity index is 529. The van der Waals surface area contributed by atoms with E-state index in [0.29, 0.717) is 11.3 Å². The molecule has 2 aromatic rings. The number of hydrogen-bond donors (Lipinski definition) is 0. The van der Waals surface area contributed by atoms with Gasteiger partial charge >= 0.3 is 0 Å². The van der Waals surface area contributed by atoms with Crippen molar-refractivity contribution in [3.8, 4) is 5.75 Å². The lowest BCUT2D eigenvalue weighted by Crippen LogP contribution is -2.11. The Hall–Kier alpha value is -2.16. The first-order valence-corrected chi connectivity index (χ1v) is 5.63. The number of Topliss-reactive ketones (excluding diaryl/α,β-unsaturated/α-hetero) is 1. The van der Waals surface area contributed by atoms with Gasteiger partial charge < -0.3 is 4.74 Å². The Morgan fingerprint density at radius 1 is 1.06 bits per heavy atom. The average Bonchev–Trinajstić information content (AvgIpc) is 2.38. The van der Waals surface area contributed by atoms with E-state index in [1.807, 2.05) is 31.2 Å². The Labute approximate surface area is 105 Å². The number of ether oxygens (including phenoxy) is 1. The van der Waals surface area contributed by atoms with Crippen molar-refractivity contribution in [2.45, 2.75) is 6.92 Å². The van der Waals surface area contributed by atoms with Crippen molar-refractivity contribution in [2.24, 2.45) is 0 Å². The van der Waals surface area contributed by atoms with E-state index < -0.39 is 0 Å².